The molecule has 1 atom stereocenters. The Labute approximate surface area is 228 Å². The lowest BCUT2D eigenvalue weighted by atomic mass is 10.0. The number of nitrogens with one attached hydrogen (secondary N) is 1. The van der Waals surface area contributed by atoms with Crippen molar-refractivity contribution in [1.29, 1.82) is 0 Å². The van der Waals surface area contributed by atoms with Crippen molar-refractivity contribution in [2.75, 3.05) is 23.7 Å². The third kappa shape index (κ3) is 7.87. The molecular weight excluding hydrogens is 520 g/mol. The minimum Gasteiger partial charge on any atom is -0.355 e. The molecule has 39 heavy (non-hydrogen) atoms. The number of carbonyl (C=O) groups is 2. The average Bonchev–Trinajstić information content (AvgIpc) is 2.90. The number of rotatable bonds is 12. The largest absolute Gasteiger partial charge is 0.355 e. The fraction of sp³-hybridized carbons (Fsp3) is 0.286. The maximum Gasteiger partial charge on any atom is 0.271 e. The van der Waals surface area contributed by atoms with E-state index in [0.717, 1.165) is 27.8 Å². The Kier molecular flexibility index (Phi) is 9.78. The molecule has 2 amide bonds. The summed E-state index contributed by atoms with van der Waals surface area (Å²) in [6.45, 7) is 3.14. The van der Waals surface area contributed by atoms with E-state index < -0.39 is 33.4 Å². The van der Waals surface area contributed by atoms with Crippen molar-refractivity contribution in [2.24, 2.45) is 0 Å². The fourth-order valence-corrected chi connectivity index (χ4v) is 5.10. The van der Waals surface area contributed by atoms with E-state index in [1.165, 1.54) is 17.0 Å². The molecule has 3 aromatic rings. The van der Waals surface area contributed by atoms with Crippen LogP contribution in [0.5, 0.6) is 0 Å². The lowest BCUT2D eigenvalue weighted by Crippen LogP contribution is -2.53. The topological polar surface area (TPSA) is 130 Å². The molecule has 0 aliphatic heterocycles. The molecule has 0 radical (unpaired) electrons. The number of carbonyl (C=O) groups excluding carboxylic acids is 2. The zero-order chi connectivity index (χ0) is 28.6. The van der Waals surface area contributed by atoms with Gasteiger partial charge >= 0.3 is 0 Å². The van der Waals surface area contributed by atoms with Gasteiger partial charge in [-0.2, -0.15) is 0 Å². The van der Waals surface area contributed by atoms with E-state index in [4.69, 9.17) is 0 Å². The van der Waals surface area contributed by atoms with Crippen LogP contribution in [-0.4, -0.2) is 55.4 Å². The number of nitro groups is 1. The van der Waals surface area contributed by atoms with Gasteiger partial charge in [-0.05, 0) is 30.5 Å². The predicted octanol–water partition coefficient (Wildman–Crippen LogP) is 3.45. The number of sulfonamides is 1. The van der Waals surface area contributed by atoms with Crippen LogP contribution in [0.3, 0.4) is 0 Å². The van der Waals surface area contributed by atoms with Crippen LogP contribution in [0, 0.1) is 17.0 Å². The second-order valence-corrected chi connectivity index (χ2v) is 11.0. The maximum atomic E-state index is 14.0. The van der Waals surface area contributed by atoms with E-state index in [1.807, 2.05) is 60.7 Å². The molecule has 10 nitrogen and oxygen atoms in total. The number of amides is 2. The van der Waals surface area contributed by atoms with Gasteiger partial charge in [0.1, 0.15) is 12.6 Å². The molecule has 1 N–H and O–H groups in total. The number of nitro benzene ring substituents is 1. The number of benzene rings is 3. The van der Waals surface area contributed by atoms with E-state index in [9.17, 15) is 28.1 Å². The van der Waals surface area contributed by atoms with Gasteiger partial charge < -0.3 is 10.2 Å². The molecule has 0 bridgehead atoms. The van der Waals surface area contributed by atoms with Gasteiger partial charge in [-0.25, -0.2) is 8.42 Å². The van der Waals surface area contributed by atoms with Gasteiger partial charge in [-0.1, -0.05) is 66.7 Å². The first kappa shape index (κ1) is 29.3. The van der Waals surface area contributed by atoms with Gasteiger partial charge in [-0.3, -0.25) is 24.0 Å². The van der Waals surface area contributed by atoms with Crippen molar-refractivity contribution in [1.82, 2.24) is 10.2 Å². The van der Waals surface area contributed by atoms with Gasteiger partial charge in [0.2, 0.25) is 21.8 Å². The first-order valence-electron chi connectivity index (χ1n) is 12.4. The molecule has 0 spiro atoms. The smallest absolute Gasteiger partial charge is 0.271 e. The van der Waals surface area contributed by atoms with Gasteiger partial charge in [0.05, 0.1) is 16.9 Å². The van der Waals surface area contributed by atoms with Gasteiger partial charge in [0.15, 0.2) is 0 Å². The van der Waals surface area contributed by atoms with E-state index in [-0.39, 0.29) is 30.2 Å². The van der Waals surface area contributed by atoms with Crippen molar-refractivity contribution in [2.45, 2.75) is 32.9 Å². The highest BCUT2D eigenvalue weighted by molar-refractivity contribution is 7.92. The van der Waals surface area contributed by atoms with Crippen molar-refractivity contribution < 1.29 is 22.9 Å². The zero-order valence-corrected chi connectivity index (χ0v) is 22.9. The summed E-state index contributed by atoms with van der Waals surface area (Å²) in [7, 11) is -4.04. The zero-order valence-electron chi connectivity index (χ0n) is 22.1. The lowest BCUT2D eigenvalue weighted by molar-refractivity contribution is -0.384. The van der Waals surface area contributed by atoms with E-state index in [0.29, 0.717) is 12.1 Å². The van der Waals surface area contributed by atoms with Gasteiger partial charge in [0, 0.05) is 31.6 Å². The molecule has 0 heterocycles. The quantitative estimate of drug-likeness (QED) is 0.271. The average molecular weight is 553 g/mol. The van der Waals surface area contributed by atoms with Gasteiger partial charge in [0.25, 0.3) is 5.69 Å². The molecule has 0 fully saturated rings. The van der Waals surface area contributed by atoms with Crippen molar-refractivity contribution >= 4 is 33.2 Å². The maximum absolute atomic E-state index is 14.0. The summed E-state index contributed by atoms with van der Waals surface area (Å²) in [6.07, 6.45) is 1.14. The minimum absolute atomic E-state index is 0.0253. The van der Waals surface area contributed by atoms with Crippen LogP contribution in [0.2, 0.25) is 0 Å². The van der Waals surface area contributed by atoms with E-state index >= 15 is 0 Å². The Balaban J connectivity index is 2.07. The van der Waals surface area contributed by atoms with Crippen LogP contribution in [-0.2, 0) is 32.6 Å². The molecule has 0 aliphatic carbocycles. The standard InChI is InChI=1S/C28H32N4O6S/c1-4-29-28(34)26(17-22-11-7-5-8-12-22)30(19-23-13-9-6-10-14-23)27(33)20-31(39(3,37)38)25-18-24(32(35)36)16-15-21(25)2/h5-16,18,26H,4,17,19-20H2,1-3H3,(H,29,34)/t26-/m0/s1. The highest BCUT2D eigenvalue weighted by Gasteiger charge is 2.33. The second-order valence-electron chi connectivity index (χ2n) is 9.10. The number of likely N-dealkylation sites (N-methyl/N-ethyl adjacent to an activating group) is 1. The molecule has 11 heteroatoms. The molecule has 0 aromatic heterocycles. The Hall–Kier alpha value is -4.25. The van der Waals surface area contributed by atoms with Crippen LogP contribution < -0.4 is 9.62 Å². The number of hydrogen-bond acceptors (Lipinski definition) is 6. The molecule has 3 rings (SSSR count). The fourth-order valence-electron chi connectivity index (χ4n) is 4.20. The lowest BCUT2D eigenvalue weighted by Gasteiger charge is -2.33. The van der Waals surface area contributed by atoms with Crippen molar-refractivity contribution in [3.05, 3.63) is 106 Å². The van der Waals surface area contributed by atoms with E-state index in [2.05, 4.69) is 5.32 Å². The molecule has 0 saturated carbocycles. The number of aryl methyl sites for hydroxylation is 1. The summed E-state index contributed by atoms with van der Waals surface area (Å²) in [5.41, 5.74) is 1.75. The number of anilines is 1. The van der Waals surface area contributed by atoms with E-state index in [1.54, 1.807) is 13.8 Å². The summed E-state index contributed by atoms with van der Waals surface area (Å²) in [4.78, 5) is 39.4. The Morgan fingerprint density at radius 1 is 0.974 bits per heavy atom. The summed E-state index contributed by atoms with van der Waals surface area (Å²) in [5, 5.41) is 14.2. The van der Waals surface area contributed by atoms with Crippen molar-refractivity contribution in [3.8, 4) is 0 Å². The summed E-state index contributed by atoms with van der Waals surface area (Å²) in [5.74, 6) is -0.995. The Bertz CT molecular complexity index is 1410. The number of hydrogen-bond donors (Lipinski definition) is 1. The molecule has 206 valence electrons. The van der Waals surface area contributed by atoms with Crippen molar-refractivity contribution in [3.63, 3.8) is 0 Å². The molecule has 3 aromatic carbocycles. The SMILES string of the molecule is CCNC(=O)[C@H](Cc1ccccc1)N(Cc1ccccc1)C(=O)CN(c1cc([N+](=O)[O-])ccc1C)S(C)(=O)=O. The molecule has 0 saturated heterocycles. The van der Waals surface area contributed by atoms with Crippen LogP contribution in [0.25, 0.3) is 0 Å². The summed E-state index contributed by atoms with van der Waals surface area (Å²) < 4.78 is 26.6. The highest BCUT2D eigenvalue weighted by Crippen LogP contribution is 2.28. The van der Waals surface area contributed by atoms with Crippen LogP contribution in [0.4, 0.5) is 11.4 Å². The Morgan fingerprint density at radius 3 is 2.10 bits per heavy atom. The Morgan fingerprint density at radius 2 is 1.56 bits per heavy atom. The van der Waals surface area contributed by atoms with Crippen LogP contribution in [0.1, 0.15) is 23.6 Å². The van der Waals surface area contributed by atoms with Crippen LogP contribution in [0.15, 0.2) is 78.9 Å². The third-order valence-electron chi connectivity index (χ3n) is 6.17. The summed E-state index contributed by atoms with van der Waals surface area (Å²) in [6, 6.07) is 21.2. The first-order valence-corrected chi connectivity index (χ1v) is 14.2. The normalized spacial score (nSPS) is 11.9. The number of non-ortho nitro benzene ring substituents is 1. The number of nitrogens with zero attached hydrogens (tertiary/aromatic N) is 3. The molecular formula is C28H32N4O6S. The third-order valence-corrected chi connectivity index (χ3v) is 7.30. The second kappa shape index (κ2) is 13.0. The first-order chi connectivity index (χ1) is 18.5. The van der Waals surface area contributed by atoms with Crippen LogP contribution >= 0.6 is 0 Å². The molecule has 0 unspecified atom stereocenters. The van der Waals surface area contributed by atoms with Gasteiger partial charge in [-0.15, -0.1) is 0 Å². The highest BCUT2D eigenvalue weighted by atomic mass is 32.2. The summed E-state index contributed by atoms with van der Waals surface area (Å²) >= 11 is 0. The predicted molar refractivity (Wildman–Crippen MR) is 150 cm³/mol. The molecule has 0 aliphatic rings. The monoisotopic (exact) mass is 552 g/mol. The minimum atomic E-state index is -4.04.